The van der Waals surface area contributed by atoms with Gasteiger partial charge in [0.15, 0.2) is 17.3 Å². The summed E-state index contributed by atoms with van der Waals surface area (Å²) >= 11 is 1.31. The molecule has 3 nitrogen and oxygen atoms in total. The molecule has 94 valence electrons. The molecular weight excluding hydrogens is 253 g/mol. The lowest BCUT2D eigenvalue weighted by molar-refractivity contribution is 0.102. The highest BCUT2D eigenvalue weighted by Gasteiger charge is 2.14. The molecule has 0 aliphatic carbocycles. The average Bonchev–Trinajstić information content (AvgIpc) is 2.72. The summed E-state index contributed by atoms with van der Waals surface area (Å²) in [5.41, 5.74) is 1.44. The first-order valence-corrected chi connectivity index (χ1v) is 6.17. The second-order valence-corrected chi connectivity index (χ2v) is 4.84. The van der Waals surface area contributed by atoms with Crippen LogP contribution in [0.1, 0.15) is 22.3 Å². The van der Waals surface area contributed by atoms with Crippen molar-refractivity contribution in [3.63, 3.8) is 0 Å². The molecule has 1 heterocycles. The number of carbonyl (C=O) groups is 1. The molecule has 0 aliphatic heterocycles. The van der Waals surface area contributed by atoms with Crippen LogP contribution in [0, 0.1) is 12.7 Å². The summed E-state index contributed by atoms with van der Waals surface area (Å²) in [4.78, 5) is 16.3. The number of nitrogens with zero attached hydrogens (tertiary/aromatic N) is 1. The summed E-state index contributed by atoms with van der Waals surface area (Å²) in [6.07, 6.45) is 0. The highest BCUT2D eigenvalue weighted by atomic mass is 32.1. The van der Waals surface area contributed by atoms with Crippen LogP contribution >= 0.6 is 11.3 Å². The molecule has 2 rings (SSSR count). The van der Waals surface area contributed by atoms with Crippen LogP contribution in [0.15, 0.2) is 18.2 Å². The number of ether oxygens (including phenoxy) is 1. The number of rotatable bonds is 3. The van der Waals surface area contributed by atoms with Crippen LogP contribution < -0.4 is 4.74 Å². The highest BCUT2D eigenvalue weighted by Crippen LogP contribution is 2.31. The van der Waals surface area contributed by atoms with E-state index in [1.807, 2.05) is 0 Å². The lowest BCUT2D eigenvalue weighted by Gasteiger charge is -2.03. The van der Waals surface area contributed by atoms with Gasteiger partial charge < -0.3 is 4.74 Å². The zero-order valence-corrected chi connectivity index (χ0v) is 11.1. The number of hydrogen-bond donors (Lipinski definition) is 0. The van der Waals surface area contributed by atoms with E-state index in [1.54, 1.807) is 19.1 Å². The van der Waals surface area contributed by atoms with Gasteiger partial charge in [0.25, 0.3) is 0 Å². The van der Waals surface area contributed by atoms with Crippen molar-refractivity contribution in [2.24, 2.45) is 0 Å². The number of hydrogen-bond acceptors (Lipinski definition) is 4. The van der Waals surface area contributed by atoms with Crippen molar-refractivity contribution >= 4 is 17.1 Å². The maximum absolute atomic E-state index is 13.3. The summed E-state index contributed by atoms with van der Waals surface area (Å²) in [5, 5.41) is 0.691. The lowest BCUT2D eigenvalue weighted by Crippen LogP contribution is -1.89. The number of methoxy groups -OCH3 is 1. The number of aromatic nitrogens is 1. The van der Waals surface area contributed by atoms with Crippen molar-refractivity contribution in [1.82, 2.24) is 4.98 Å². The van der Waals surface area contributed by atoms with Gasteiger partial charge in [0.05, 0.1) is 17.7 Å². The fourth-order valence-corrected chi connectivity index (χ4v) is 2.60. The molecule has 0 saturated heterocycles. The Bertz CT molecular complexity index is 607. The van der Waals surface area contributed by atoms with E-state index >= 15 is 0 Å². The second kappa shape index (κ2) is 4.86. The lowest BCUT2D eigenvalue weighted by atomic mass is 10.2. The molecule has 0 spiro atoms. The Morgan fingerprint density at radius 3 is 2.72 bits per heavy atom. The van der Waals surface area contributed by atoms with E-state index in [0.29, 0.717) is 15.6 Å². The Morgan fingerprint density at radius 1 is 1.44 bits per heavy atom. The van der Waals surface area contributed by atoms with Crippen LogP contribution in [-0.2, 0) is 0 Å². The van der Waals surface area contributed by atoms with Gasteiger partial charge in [0, 0.05) is 12.5 Å². The second-order valence-electron chi connectivity index (χ2n) is 3.84. The van der Waals surface area contributed by atoms with Gasteiger partial charge in [0.1, 0.15) is 5.01 Å². The van der Waals surface area contributed by atoms with E-state index in [1.165, 1.54) is 31.4 Å². The van der Waals surface area contributed by atoms with E-state index in [4.69, 9.17) is 4.74 Å². The number of aryl methyl sites for hydroxylation is 1. The monoisotopic (exact) mass is 265 g/mol. The molecule has 0 bridgehead atoms. The van der Waals surface area contributed by atoms with Crippen LogP contribution in [0.5, 0.6) is 5.75 Å². The van der Waals surface area contributed by atoms with E-state index < -0.39 is 5.82 Å². The minimum Gasteiger partial charge on any atom is -0.494 e. The van der Waals surface area contributed by atoms with Crippen molar-refractivity contribution in [3.05, 3.63) is 34.6 Å². The van der Waals surface area contributed by atoms with Gasteiger partial charge in [-0.2, -0.15) is 0 Å². The predicted molar refractivity (Wildman–Crippen MR) is 68.8 cm³/mol. The third-order valence-corrected chi connectivity index (χ3v) is 3.82. The molecule has 1 aromatic carbocycles. The fraction of sp³-hybridized carbons (Fsp3) is 0.231. The standard InChI is InChI=1S/C13H12FNO2S/c1-7-12(8(2)16)18-13(15-7)9-4-5-10(14)11(6-9)17-3/h4-6H,1-3H3. The first-order chi connectivity index (χ1) is 8.52. The largest absolute Gasteiger partial charge is 0.494 e. The Hall–Kier alpha value is -1.75. The maximum atomic E-state index is 13.3. The normalized spacial score (nSPS) is 10.4. The van der Waals surface area contributed by atoms with Crippen LogP contribution in [0.25, 0.3) is 10.6 Å². The Labute approximate surface area is 108 Å². The van der Waals surface area contributed by atoms with Crippen molar-refractivity contribution in [2.45, 2.75) is 13.8 Å². The molecule has 0 atom stereocenters. The summed E-state index contributed by atoms with van der Waals surface area (Å²) in [7, 11) is 1.41. The van der Waals surface area contributed by atoms with Gasteiger partial charge in [-0.1, -0.05) is 0 Å². The third kappa shape index (κ3) is 2.26. The molecule has 2 aromatic rings. The van der Waals surface area contributed by atoms with E-state index in [-0.39, 0.29) is 11.5 Å². The molecule has 0 radical (unpaired) electrons. The summed E-state index contributed by atoms with van der Waals surface area (Å²) in [6, 6.07) is 4.54. The molecule has 1 aromatic heterocycles. The van der Waals surface area contributed by atoms with Gasteiger partial charge in [-0.15, -0.1) is 11.3 Å². The Kier molecular flexibility index (Phi) is 3.43. The molecule has 0 aliphatic rings. The van der Waals surface area contributed by atoms with E-state index in [2.05, 4.69) is 4.98 Å². The van der Waals surface area contributed by atoms with Crippen molar-refractivity contribution in [1.29, 1.82) is 0 Å². The topological polar surface area (TPSA) is 39.2 Å². The van der Waals surface area contributed by atoms with Crippen molar-refractivity contribution < 1.29 is 13.9 Å². The fourth-order valence-electron chi connectivity index (χ4n) is 1.64. The summed E-state index contributed by atoms with van der Waals surface area (Å²) < 4.78 is 18.2. The minimum absolute atomic E-state index is 0.00896. The SMILES string of the molecule is COc1cc(-c2nc(C)c(C(C)=O)s2)ccc1F. The molecule has 0 unspecified atom stereocenters. The first-order valence-electron chi connectivity index (χ1n) is 5.35. The zero-order chi connectivity index (χ0) is 13.3. The van der Waals surface area contributed by atoms with Crippen LogP contribution in [0.4, 0.5) is 4.39 Å². The van der Waals surface area contributed by atoms with Crippen LogP contribution in [0.3, 0.4) is 0 Å². The average molecular weight is 265 g/mol. The number of carbonyl (C=O) groups excluding carboxylic acids is 1. The van der Waals surface area contributed by atoms with Crippen LogP contribution in [-0.4, -0.2) is 17.9 Å². The van der Waals surface area contributed by atoms with Gasteiger partial charge in [-0.05, 0) is 25.1 Å². The van der Waals surface area contributed by atoms with E-state index in [0.717, 1.165) is 5.56 Å². The maximum Gasteiger partial charge on any atom is 0.171 e. The molecule has 0 saturated carbocycles. The van der Waals surface area contributed by atoms with Crippen LogP contribution in [0.2, 0.25) is 0 Å². The molecule has 0 N–H and O–H groups in total. The molecule has 0 fully saturated rings. The molecule has 0 amide bonds. The Balaban J connectivity index is 2.49. The van der Waals surface area contributed by atoms with Gasteiger partial charge >= 0.3 is 0 Å². The minimum atomic E-state index is -0.415. The number of ketones is 1. The number of thiazole rings is 1. The quantitative estimate of drug-likeness (QED) is 0.798. The summed E-state index contributed by atoms with van der Waals surface area (Å²) in [5.74, 6) is -0.253. The van der Waals surface area contributed by atoms with E-state index in [9.17, 15) is 9.18 Å². The van der Waals surface area contributed by atoms with Gasteiger partial charge in [0.2, 0.25) is 0 Å². The predicted octanol–water partition coefficient (Wildman–Crippen LogP) is 3.47. The molecule has 5 heteroatoms. The highest BCUT2D eigenvalue weighted by molar-refractivity contribution is 7.17. The van der Waals surface area contributed by atoms with Gasteiger partial charge in [-0.25, -0.2) is 9.37 Å². The van der Waals surface area contributed by atoms with Crippen molar-refractivity contribution in [2.75, 3.05) is 7.11 Å². The summed E-state index contributed by atoms with van der Waals surface area (Å²) in [6.45, 7) is 3.30. The zero-order valence-electron chi connectivity index (χ0n) is 10.3. The number of benzene rings is 1. The third-order valence-electron chi connectivity index (χ3n) is 2.51. The molecular formula is C13H12FNO2S. The first kappa shape index (κ1) is 12.7. The smallest absolute Gasteiger partial charge is 0.171 e. The number of halogens is 1. The number of Topliss-reactive ketones (excluding diaryl/α,β-unsaturated/α-hetero) is 1. The van der Waals surface area contributed by atoms with Gasteiger partial charge in [-0.3, -0.25) is 4.79 Å². The van der Waals surface area contributed by atoms with Crippen molar-refractivity contribution in [3.8, 4) is 16.3 Å². The Morgan fingerprint density at radius 2 is 2.17 bits per heavy atom. The molecule has 18 heavy (non-hydrogen) atoms.